The van der Waals surface area contributed by atoms with Crippen LogP contribution in [0.2, 0.25) is 5.02 Å². The summed E-state index contributed by atoms with van der Waals surface area (Å²) >= 11 is 8.05. The number of carbonyl (C=O) groups excluding carboxylic acids is 2. The maximum atomic E-state index is 12.8. The standard InChI is InChI=1S/C27H28ClN3O3S.2ClH/c1-13-8-14(28)9-19(23(13)34-16-5-4-15(29)10-16)18-6-7-30-20-11-17(35-24(18)20)12-31-25(32)21-22(26(31)33)27(21,2)3;;/h6-9,11,15-16,21-22H,4-5,10,12,29H2,1-3H3;2*1H/t15-,16-,21?,22?;;/m0../s1. The number of aromatic nitrogens is 1. The number of amides is 2. The van der Waals surface area contributed by atoms with E-state index in [4.69, 9.17) is 22.1 Å². The Balaban J connectivity index is 0.00000160. The molecule has 1 aromatic carbocycles. The van der Waals surface area contributed by atoms with Gasteiger partial charge >= 0.3 is 0 Å². The summed E-state index contributed by atoms with van der Waals surface area (Å²) in [6.45, 7) is 6.29. The van der Waals surface area contributed by atoms with Crippen molar-refractivity contribution in [2.24, 2.45) is 23.0 Å². The minimum absolute atomic E-state index is 0. The molecular weight excluding hydrogens is 553 g/mol. The van der Waals surface area contributed by atoms with Crippen molar-refractivity contribution in [1.29, 1.82) is 0 Å². The number of carbonyl (C=O) groups is 2. The third-order valence-corrected chi connectivity index (χ3v) is 9.27. The molecule has 2 amide bonds. The number of thiophene rings is 1. The summed E-state index contributed by atoms with van der Waals surface area (Å²) in [5.74, 6) is 0.383. The quantitative estimate of drug-likeness (QED) is 0.364. The Labute approximate surface area is 237 Å². The van der Waals surface area contributed by atoms with Crippen LogP contribution in [0.1, 0.15) is 43.6 Å². The van der Waals surface area contributed by atoms with Gasteiger partial charge in [0, 0.05) is 33.3 Å². The highest BCUT2D eigenvalue weighted by molar-refractivity contribution is 7.19. The molecule has 1 aliphatic heterocycles. The Kier molecular flexibility index (Phi) is 7.60. The first kappa shape index (κ1) is 28.1. The minimum Gasteiger partial charge on any atom is -0.489 e. The van der Waals surface area contributed by atoms with Gasteiger partial charge in [0.2, 0.25) is 11.8 Å². The number of nitrogens with zero attached hydrogens (tertiary/aromatic N) is 2. The average Bonchev–Trinajstić information content (AvgIpc) is 3.16. The van der Waals surface area contributed by atoms with E-state index in [-0.39, 0.29) is 66.0 Å². The van der Waals surface area contributed by atoms with Crippen LogP contribution in [0.25, 0.3) is 21.3 Å². The number of pyridine rings is 1. The molecule has 10 heteroatoms. The van der Waals surface area contributed by atoms with Crippen LogP contribution >= 0.6 is 47.8 Å². The van der Waals surface area contributed by atoms with Gasteiger partial charge in [-0.2, -0.15) is 0 Å². The number of likely N-dealkylation sites (tertiary alicyclic amines) is 1. The third-order valence-electron chi connectivity index (χ3n) is 7.91. The van der Waals surface area contributed by atoms with E-state index < -0.39 is 0 Å². The fraction of sp³-hybridized carbons (Fsp3) is 0.444. The van der Waals surface area contributed by atoms with Gasteiger partial charge in [-0.25, -0.2) is 0 Å². The molecule has 2 unspecified atom stereocenters. The van der Waals surface area contributed by atoms with E-state index in [0.29, 0.717) is 11.6 Å². The van der Waals surface area contributed by atoms with Gasteiger partial charge in [0.05, 0.1) is 28.6 Å². The Hall–Kier alpha value is -1.90. The number of imide groups is 1. The van der Waals surface area contributed by atoms with Gasteiger partial charge in [0.25, 0.3) is 0 Å². The first-order valence-electron chi connectivity index (χ1n) is 12.1. The summed E-state index contributed by atoms with van der Waals surface area (Å²) < 4.78 is 7.48. The van der Waals surface area contributed by atoms with E-state index in [2.05, 4.69) is 4.98 Å². The van der Waals surface area contributed by atoms with Crippen molar-refractivity contribution in [3.63, 3.8) is 0 Å². The van der Waals surface area contributed by atoms with Gasteiger partial charge in [-0.05, 0) is 61.4 Å². The van der Waals surface area contributed by atoms with Gasteiger partial charge < -0.3 is 10.5 Å². The van der Waals surface area contributed by atoms with Crippen molar-refractivity contribution >= 4 is 69.8 Å². The number of hydrogen-bond donors (Lipinski definition) is 1. The molecule has 0 bridgehead atoms. The first-order valence-corrected chi connectivity index (χ1v) is 13.3. The molecular formula is C27H30Cl3N3O3S. The van der Waals surface area contributed by atoms with E-state index in [1.165, 1.54) is 4.90 Å². The Morgan fingerprint density at radius 3 is 2.49 bits per heavy atom. The molecule has 1 saturated heterocycles. The van der Waals surface area contributed by atoms with Crippen LogP contribution in [0.4, 0.5) is 0 Å². The lowest BCUT2D eigenvalue weighted by Gasteiger charge is -2.20. The van der Waals surface area contributed by atoms with Gasteiger partial charge in [-0.15, -0.1) is 36.2 Å². The zero-order chi connectivity index (χ0) is 24.6. The molecule has 2 aliphatic carbocycles. The molecule has 3 fully saturated rings. The van der Waals surface area contributed by atoms with Crippen LogP contribution in [0.3, 0.4) is 0 Å². The van der Waals surface area contributed by atoms with Crippen molar-refractivity contribution in [3.05, 3.63) is 45.9 Å². The zero-order valence-corrected chi connectivity index (χ0v) is 24.0. The number of nitrogens with two attached hydrogens (primary N) is 1. The van der Waals surface area contributed by atoms with Crippen molar-refractivity contribution in [3.8, 4) is 16.9 Å². The SMILES string of the molecule is Cc1cc(Cl)cc(-c2ccnc3cc(CN4C(=O)C5C(C4=O)C5(C)C)sc23)c1O[C@H]1CC[C@H](N)C1.Cl.Cl. The summed E-state index contributed by atoms with van der Waals surface area (Å²) in [6.07, 6.45) is 4.61. The monoisotopic (exact) mass is 581 g/mol. The summed E-state index contributed by atoms with van der Waals surface area (Å²) in [4.78, 5) is 32.6. The van der Waals surface area contributed by atoms with E-state index >= 15 is 0 Å². The Bertz CT molecular complexity index is 1370. The molecule has 2 N–H and O–H groups in total. The lowest BCUT2D eigenvalue weighted by molar-refractivity contribution is -0.143. The topological polar surface area (TPSA) is 85.5 Å². The van der Waals surface area contributed by atoms with E-state index in [9.17, 15) is 9.59 Å². The van der Waals surface area contributed by atoms with E-state index in [1.54, 1.807) is 17.5 Å². The number of rotatable bonds is 5. The number of hydrogen-bond acceptors (Lipinski definition) is 6. The highest BCUT2D eigenvalue weighted by Crippen LogP contribution is 2.63. The molecule has 3 heterocycles. The molecule has 198 valence electrons. The van der Waals surface area contributed by atoms with Crippen molar-refractivity contribution in [1.82, 2.24) is 9.88 Å². The van der Waals surface area contributed by atoms with Crippen LogP contribution in [0, 0.1) is 24.2 Å². The maximum Gasteiger partial charge on any atom is 0.234 e. The lowest BCUT2D eigenvalue weighted by Crippen LogP contribution is -2.35. The molecule has 6 rings (SSSR count). The van der Waals surface area contributed by atoms with Crippen LogP contribution in [0.15, 0.2) is 30.5 Å². The Morgan fingerprint density at radius 2 is 1.84 bits per heavy atom. The van der Waals surface area contributed by atoms with Crippen molar-refractivity contribution in [2.75, 3.05) is 0 Å². The molecule has 3 aromatic rings. The van der Waals surface area contributed by atoms with Crippen LogP contribution < -0.4 is 10.5 Å². The molecule has 4 atom stereocenters. The third kappa shape index (κ3) is 4.63. The Morgan fingerprint density at radius 1 is 1.14 bits per heavy atom. The fourth-order valence-electron chi connectivity index (χ4n) is 5.93. The summed E-state index contributed by atoms with van der Waals surface area (Å²) in [5, 5.41) is 0.643. The maximum absolute atomic E-state index is 12.8. The first-order chi connectivity index (χ1) is 16.6. The summed E-state index contributed by atoms with van der Waals surface area (Å²) in [7, 11) is 0. The van der Waals surface area contributed by atoms with Gasteiger partial charge in [0.15, 0.2) is 0 Å². The van der Waals surface area contributed by atoms with Gasteiger partial charge in [-0.1, -0.05) is 25.4 Å². The molecule has 2 saturated carbocycles. The molecule has 37 heavy (non-hydrogen) atoms. The zero-order valence-electron chi connectivity index (χ0n) is 20.8. The minimum atomic E-state index is -0.205. The lowest BCUT2D eigenvalue weighted by atomic mass is 10.0. The number of benzene rings is 1. The largest absolute Gasteiger partial charge is 0.489 e. The van der Waals surface area contributed by atoms with Gasteiger partial charge in [0.1, 0.15) is 11.9 Å². The summed E-state index contributed by atoms with van der Waals surface area (Å²) in [6, 6.07) is 8.00. The predicted octanol–water partition coefficient (Wildman–Crippen LogP) is 6.17. The number of piperidine rings is 1. The molecule has 0 spiro atoms. The predicted molar refractivity (Wildman–Crippen MR) is 152 cm³/mol. The fourth-order valence-corrected chi connectivity index (χ4v) is 7.33. The number of ether oxygens (including phenoxy) is 1. The average molecular weight is 583 g/mol. The molecule has 2 aromatic heterocycles. The second-order valence-corrected chi connectivity index (χ2v) is 12.3. The van der Waals surface area contributed by atoms with Crippen LogP contribution in [-0.4, -0.2) is 33.8 Å². The van der Waals surface area contributed by atoms with Crippen LogP contribution in [0.5, 0.6) is 5.75 Å². The van der Waals surface area contributed by atoms with Gasteiger partial charge in [-0.3, -0.25) is 19.5 Å². The van der Waals surface area contributed by atoms with E-state index in [0.717, 1.165) is 56.8 Å². The molecule has 0 radical (unpaired) electrons. The molecule has 3 aliphatic rings. The second-order valence-electron chi connectivity index (χ2n) is 10.7. The number of halogens is 3. The van der Waals surface area contributed by atoms with Crippen LogP contribution in [-0.2, 0) is 16.1 Å². The highest BCUT2D eigenvalue weighted by Gasteiger charge is 2.72. The van der Waals surface area contributed by atoms with Crippen molar-refractivity contribution in [2.45, 2.75) is 58.7 Å². The summed E-state index contributed by atoms with van der Waals surface area (Å²) in [5.41, 5.74) is 9.63. The second kappa shape index (κ2) is 10.0. The highest BCUT2D eigenvalue weighted by atomic mass is 35.5. The normalized spacial score (nSPS) is 25.6. The van der Waals surface area contributed by atoms with E-state index in [1.807, 2.05) is 45.0 Å². The number of fused-ring (bicyclic) bond motifs is 2. The van der Waals surface area contributed by atoms with Crippen molar-refractivity contribution < 1.29 is 14.3 Å². The smallest absolute Gasteiger partial charge is 0.234 e. The molecule has 6 nitrogen and oxygen atoms in total. The number of aryl methyl sites for hydroxylation is 1.